The van der Waals surface area contributed by atoms with E-state index in [-0.39, 0.29) is 5.91 Å². The quantitative estimate of drug-likeness (QED) is 0.759. The Kier molecular flexibility index (Phi) is 5.72. The van der Waals surface area contributed by atoms with Crippen molar-refractivity contribution in [1.82, 2.24) is 15.6 Å². The standard InChI is InChI=1S/C16H19N3O2/c1-21-15-7-3-2-5-13(15)11-18-9-10-19-16(20)14-6-4-8-17-12-14/h2-8,12,18H,9-11H2,1H3,(H,19,20). The van der Waals surface area contributed by atoms with Crippen LogP contribution < -0.4 is 15.4 Å². The second-order valence-electron chi connectivity index (χ2n) is 4.49. The van der Waals surface area contributed by atoms with E-state index in [1.165, 1.54) is 0 Å². The van der Waals surface area contributed by atoms with Crippen LogP contribution in [0.5, 0.6) is 5.75 Å². The summed E-state index contributed by atoms with van der Waals surface area (Å²) >= 11 is 0. The van der Waals surface area contributed by atoms with Crippen LogP contribution in [0.15, 0.2) is 48.8 Å². The molecule has 1 aromatic heterocycles. The molecule has 0 aliphatic heterocycles. The lowest BCUT2D eigenvalue weighted by Gasteiger charge is -2.10. The predicted molar refractivity (Wildman–Crippen MR) is 81.3 cm³/mol. The summed E-state index contributed by atoms with van der Waals surface area (Å²) in [6.45, 7) is 1.94. The molecule has 0 spiro atoms. The van der Waals surface area contributed by atoms with Crippen LogP contribution in [0.25, 0.3) is 0 Å². The van der Waals surface area contributed by atoms with Gasteiger partial charge in [-0.15, -0.1) is 0 Å². The van der Waals surface area contributed by atoms with E-state index in [9.17, 15) is 4.79 Å². The summed E-state index contributed by atoms with van der Waals surface area (Å²) < 4.78 is 5.28. The first kappa shape index (κ1) is 15.0. The number of ether oxygens (including phenoxy) is 1. The third kappa shape index (κ3) is 4.57. The summed E-state index contributed by atoms with van der Waals surface area (Å²) in [4.78, 5) is 15.7. The summed E-state index contributed by atoms with van der Waals surface area (Å²) in [6.07, 6.45) is 3.20. The maximum absolute atomic E-state index is 11.8. The molecule has 0 saturated carbocycles. The summed E-state index contributed by atoms with van der Waals surface area (Å²) in [7, 11) is 1.66. The van der Waals surface area contributed by atoms with E-state index in [2.05, 4.69) is 15.6 Å². The van der Waals surface area contributed by atoms with Gasteiger partial charge in [-0.25, -0.2) is 0 Å². The van der Waals surface area contributed by atoms with Gasteiger partial charge in [-0.1, -0.05) is 18.2 Å². The van der Waals surface area contributed by atoms with Crippen molar-refractivity contribution in [2.45, 2.75) is 6.54 Å². The van der Waals surface area contributed by atoms with Crippen molar-refractivity contribution in [3.05, 3.63) is 59.9 Å². The number of rotatable bonds is 7. The minimum atomic E-state index is -0.109. The summed E-state index contributed by atoms with van der Waals surface area (Å²) in [5, 5.41) is 6.11. The molecule has 5 heteroatoms. The lowest BCUT2D eigenvalue weighted by molar-refractivity contribution is 0.0953. The van der Waals surface area contributed by atoms with Gasteiger partial charge in [0.15, 0.2) is 0 Å². The van der Waals surface area contributed by atoms with Crippen molar-refractivity contribution in [1.29, 1.82) is 0 Å². The molecule has 110 valence electrons. The average Bonchev–Trinajstić information content (AvgIpc) is 2.55. The number of amides is 1. The van der Waals surface area contributed by atoms with Gasteiger partial charge in [-0.2, -0.15) is 0 Å². The van der Waals surface area contributed by atoms with Crippen LogP contribution in [-0.2, 0) is 6.54 Å². The number of para-hydroxylation sites is 1. The fourth-order valence-corrected chi connectivity index (χ4v) is 1.94. The van der Waals surface area contributed by atoms with Crippen LogP contribution in [0.4, 0.5) is 0 Å². The van der Waals surface area contributed by atoms with Crippen molar-refractivity contribution in [3.8, 4) is 5.75 Å². The molecule has 5 nitrogen and oxygen atoms in total. The Morgan fingerprint density at radius 2 is 2.05 bits per heavy atom. The van der Waals surface area contributed by atoms with Gasteiger partial charge < -0.3 is 15.4 Å². The third-order valence-corrected chi connectivity index (χ3v) is 3.02. The van der Waals surface area contributed by atoms with E-state index in [1.807, 2.05) is 24.3 Å². The second kappa shape index (κ2) is 8.01. The third-order valence-electron chi connectivity index (χ3n) is 3.02. The van der Waals surface area contributed by atoms with Crippen LogP contribution in [-0.4, -0.2) is 31.1 Å². The van der Waals surface area contributed by atoms with Crippen LogP contribution in [0.1, 0.15) is 15.9 Å². The number of carbonyl (C=O) groups is 1. The Morgan fingerprint density at radius 1 is 1.19 bits per heavy atom. The molecule has 0 aliphatic rings. The van der Waals surface area contributed by atoms with Gasteiger partial charge in [0.2, 0.25) is 0 Å². The lowest BCUT2D eigenvalue weighted by Crippen LogP contribution is -2.31. The highest BCUT2D eigenvalue weighted by Crippen LogP contribution is 2.16. The second-order valence-corrected chi connectivity index (χ2v) is 4.49. The van der Waals surface area contributed by atoms with E-state index in [4.69, 9.17) is 4.74 Å². The Hall–Kier alpha value is -2.40. The number of methoxy groups -OCH3 is 1. The molecule has 0 aliphatic carbocycles. The van der Waals surface area contributed by atoms with E-state index in [0.717, 1.165) is 11.3 Å². The molecule has 0 unspecified atom stereocenters. The Bertz CT molecular complexity index is 573. The molecule has 0 atom stereocenters. The molecule has 0 fully saturated rings. The highest BCUT2D eigenvalue weighted by Gasteiger charge is 2.04. The number of benzene rings is 1. The molecule has 2 N–H and O–H groups in total. The maximum Gasteiger partial charge on any atom is 0.252 e. The van der Waals surface area contributed by atoms with Gasteiger partial charge in [0, 0.05) is 37.6 Å². The van der Waals surface area contributed by atoms with Gasteiger partial charge in [0.05, 0.1) is 12.7 Å². The largest absolute Gasteiger partial charge is 0.496 e. The first-order chi connectivity index (χ1) is 10.3. The van der Waals surface area contributed by atoms with Gasteiger partial charge in [0.1, 0.15) is 5.75 Å². The number of nitrogens with one attached hydrogen (secondary N) is 2. The Labute approximate surface area is 124 Å². The maximum atomic E-state index is 11.8. The van der Waals surface area contributed by atoms with Gasteiger partial charge in [-0.3, -0.25) is 9.78 Å². The first-order valence-electron chi connectivity index (χ1n) is 6.82. The van der Waals surface area contributed by atoms with Crippen molar-refractivity contribution in [3.63, 3.8) is 0 Å². The zero-order valence-corrected chi connectivity index (χ0v) is 12.0. The van der Waals surface area contributed by atoms with E-state index >= 15 is 0 Å². The highest BCUT2D eigenvalue weighted by molar-refractivity contribution is 5.93. The number of hydrogen-bond acceptors (Lipinski definition) is 4. The summed E-state index contributed by atoms with van der Waals surface area (Å²) in [6, 6.07) is 11.3. The Balaban J connectivity index is 1.70. The first-order valence-corrected chi connectivity index (χ1v) is 6.82. The summed E-state index contributed by atoms with van der Waals surface area (Å²) in [5.41, 5.74) is 1.67. The fourth-order valence-electron chi connectivity index (χ4n) is 1.94. The SMILES string of the molecule is COc1ccccc1CNCCNC(=O)c1cccnc1. The summed E-state index contributed by atoms with van der Waals surface area (Å²) in [5.74, 6) is 0.756. The van der Waals surface area contributed by atoms with Crippen molar-refractivity contribution >= 4 is 5.91 Å². The number of hydrogen-bond donors (Lipinski definition) is 2. The van der Waals surface area contributed by atoms with Crippen LogP contribution in [0.2, 0.25) is 0 Å². The molecule has 2 aromatic rings. The highest BCUT2D eigenvalue weighted by atomic mass is 16.5. The minimum absolute atomic E-state index is 0.109. The van der Waals surface area contributed by atoms with Gasteiger partial charge >= 0.3 is 0 Å². The molecule has 1 heterocycles. The number of nitrogens with zero attached hydrogens (tertiary/aromatic N) is 1. The Morgan fingerprint density at radius 3 is 2.81 bits per heavy atom. The van der Waals surface area contributed by atoms with Crippen LogP contribution >= 0.6 is 0 Å². The molecule has 0 bridgehead atoms. The van der Waals surface area contributed by atoms with Crippen LogP contribution in [0, 0.1) is 0 Å². The molecule has 1 aromatic carbocycles. The van der Waals surface area contributed by atoms with E-state index in [1.54, 1.807) is 31.6 Å². The molecule has 0 radical (unpaired) electrons. The molecule has 21 heavy (non-hydrogen) atoms. The van der Waals surface area contributed by atoms with E-state index < -0.39 is 0 Å². The van der Waals surface area contributed by atoms with Gasteiger partial charge in [0.25, 0.3) is 5.91 Å². The predicted octanol–water partition coefficient (Wildman–Crippen LogP) is 1.61. The molecule has 2 rings (SSSR count). The van der Waals surface area contributed by atoms with Crippen molar-refractivity contribution in [2.75, 3.05) is 20.2 Å². The fraction of sp³-hybridized carbons (Fsp3) is 0.250. The lowest BCUT2D eigenvalue weighted by atomic mass is 10.2. The number of carbonyl (C=O) groups excluding carboxylic acids is 1. The minimum Gasteiger partial charge on any atom is -0.496 e. The van der Waals surface area contributed by atoms with E-state index in [0.29, 0.717) is 25.2 Å². The smallest absolute Gasteiger partial charge is 0.252 e. The van der Waals surface area contributed by atoms with Crippen molar-refractivity contribution in [2.24, 2.45) is 0 Å². The van der Waals surface area contributed by atoms with Gasteiger partial charge in [-0.05, 0) is 18.2 Å². The molecule has 1 amide bonds. The van der Waals surface area contributed by atoms with Crippen molar-refractivity contribution < 1.29 is 9.53 Å². The number of pyridine rings is 1. The topological polar surface area (TPSA) is 63.2 Å². The molecular formula is C16H19N3O2. The molecule has 0 saturated heterocycles. The van der Waals surface area contributed by atoms with Crippen LogP contribution in [0.3, 0.4) is 0 Å². The zero-order valence-electron chi connectivity index (χ0n) is 12.0. The monoisotopic (exact) mass is 285 g/mol. The normalized spacial score (nSPS) is 10.1. The zero-order chi connectivity index (χ0) is 14.9. The average molecular weight is 285 g/mol. The number of aromatic nitrogens is 1. The molecular weight excluding hydrogens is 266 g/mol.